The van der Waals surface area contributed by atoms with Crippen LogP contribution in [-0.2, 0) is 7.05 Å². The largest absolute Gasteiger partial charge is 0.385 e. The van der Waals surface area contributed by atoms with E-state index >= 15 is 0 Å². The van der Waals surface area contributed by atoms with Gasteiger partial charge in [-0.05, 0) is 30.2 Å². The molecule has 0 fully saturated rings. The molecule has 1 aliphatic heterocycles. The Morgan fingerprint density at radius 1 is 1.19 bits per heavy atom. The Morgan fingerprint density at radius 2 is 2.05 bits per heavy atom. The molecule has 2 aromatic carbocycles. The molecule has 0 spiro atoms. The molecular formula is C17H16ClN3. The van der Waals surface area contributed by atoms with E-state index < -0.39 is 0 Å². The molecule has 1 atom stereocenters. The molecule has 1 aromatic heterocycles. The summed E-state index contributed by atoms with van der Waals surface area (Å²) in [5.74, 6) is 1.41. The number of aromatic nitrogens is 2. The molecule has 21 heavy (non-hydrogen) atoms. The lowest BCUT2D eigenvalue weighted by molar-refractivity contribution is 0.649. The lowest BCUT2D eigenvalue weighted by Gasteiger charge is -2.26. The number of rotatable bonds is 1. The number of halogens is 1. The molecule has 0 amide bonds. The van der Waals surface area contributed by atoms with Gasteiger partial charge in [0, 0.05) is 25.2 Å². The molecule has 4 rings (SSSR count). The number of para-hydroxylation sites is 2. The van der Waals surface area contributed by atoms with Crippen LogP contribution in [0.1, 0.15) is 23.7 Å². The van der Waals surface area contributed by atoms with Crippen LogP contribution in [0.5, 0.6) is 0 Å². The SMILES string of the molecule is Cn1c(C2CCNc3ccccc32)nc2cccc(Cl)c21. The van der Waals surface area contributed by atoms with Crippen molar-refractivity contribution in [2.24, 2.45) is 7.05 Å². The molecule has 3 nitrogen and oxygen atoms in total. The van der Waals surface area contributed by atoms with Crippen molar-refractivity contribution < 1.29 is 0 Å². The van der Waals surface area contributed by atoms with Crippen molar-refractivity contribution in [3.05, 3.63) is 58.9 Å². The Labute approximate surface area is 128 Å². The van der Waals surface area contributed by atoms with E-state index in [0.717, 1.165) is 34.8 Å². The number of nitrogens with zero attached hydrogens (tertiary/aromatic N) is 2. The summed E-state index contributed by atoms with van der Waals surface area (Å²) in [6.07, 6.45) is 1.05. The van der Waals surface area contributed by atoms with E-state index in [0.29, 0.717) is 5.92 Å². The van der Waals surface area contributed by atoms with Gasteiger partial charge >= 0.3 is 0 Å². The fourth-order valence-corrected chi connectivity index (χ4v) is 3.58. The smallest absolute Gasteiger partial charge is 0.117 e. The van der Waals surface area contributed by atoms with E-state index in [4.69, 9.17) is 16.6 Å². The quantitative estimate of drug-likeness (QED) is 0.730. The summed E-state index contributed by atoms with van der Waals surface area (Å²) < 4.78 is 2.14. The number of anilines is 1. The van der Waals surface area contributed by atoms with Crippen LogP contribution in [0.4, 0.5) is 5.69 Å². The summed E-state index contributed by atoms with van der Waals surface area (Å²) in [4.78, 5) is 4.85. The second-order valence-electron chi connectivity index (χ2n) is 5.49. The minimum absolute atomic E-state index is 0.316. The minimum Gasteiger partial charge on any atom is -0.385 e. The summed E-state index contributed by atoms with van der Waals surface area (Å²) >= 11 is 6.34. The van der Waals surface area contributed by atoms with Gasteiger partial charge in [-0.2, -0.15) is 0 Å². The van der Waals surface area contributed by atoms with E-state index in [1.165, 1.54) is 11.3 Å². The van der Waals surface area contributed by atoms with Crippen LogP contribution in [0.3, 0.4) is 0 Å². The predicted molar refractivity (Wildman–Crippen MR) is 87.1 cm³/mol. The number of imidazole rings is 1. The molecule has 0 bridgehead atoms. The molecule has 0 aliphatic carbocycles. The van der Waals surface area contributed by atoms with E-state index in [-0.39, 0.29) is 0 Å². The molecule has 3 aromatic rings. The van der Waals surface area contributed by atoms with Gasteiger partial charge in [0.2, 0.25) is 0 Å². The van der Waals surface area contributed by atoms with Crippen LogP contribution in [0.25, 0.3) is 11.0 Å². The zero-order valence-corrected chi connectivity index (χ0v) is 12.6. The third-order valence-corrected chi connectivity index (χ3v) is 4.58. The maximum Gasteiger partial charge on any atom is 0.117 e. The number of hydrogen-bond donors (Lipinski definition) is 1. The molecule has 2 heterocycles. The fraction of sp³-hybridized carbons (Fsp3) is 0.235. The van der Waals surface area contributed by atoms with Gasteiger partial charge in [0.15, 0.2) is 0 Å². The van der Waals surface area contributed by atoms with Crippen molar-refractivity contribution in [3.8, 4) is 0 Å². The fourth-order valence-electron chi connectivity index (χ4n) is 3.29. The first kappa shape index (κ1) is 12.7. The molecule has 0 saturated carbocycles. The van der Waals surface area contributed by atoms with Gasteiger partial charge < -0.3 is 9.88 Å². The van der Waals surface area contributed by atoms with Crippen LogP contribution in [0.15, 0.2) is 42.5 Å². The number of hydrogen-bond acceptors (Lipinski definition) is 2. The van der Waals surface area contributed by atoms with Crippen LogP contribution in [0, 0.1) is 0 Å². The van der Waals surface area contributed by atoms with Gasteiger partial charge in [-0.15, -0.1) is 0 Å². The molecule has 1 unspecified atom stereocenters. The lowest BCUT2D eigenvalue weighted by Crippen LogP contribution is -2.19. The summed E-state index contributed by atoms with van der Waals surface area (Å²) in [5, 5.41) is 4.22. The van der Waals surface area contributed by atoms with Crippen molar-refractivity contribution in [3.63, 3.8) is 0 Å². The number of nitrogens with one attached hydrogen (secondary N) is 1. The lowest BCUT2D eigenvalue weighted by atomic mass is 9.90. The molecule has 4 heteroatoms. The number of fused-ring (bicyclic) bond motifs is 2. The first-order chi connectivity index (χ1) is 10.3. The van der Waals surface area contributed by atoms with Crippen molar-refractivity contribution >= 4 is 28.3 Å². The van der Waals surface area contributed by atoms with Crippen molar-refractivity contribution in [2.45, 2.75) is 12.3 Å². The van der Waals surface area contributed by atoms with Gasteiger partial charge in [0.05, 0.1) is 16.1 Å². The Kier molecular flexibility index (Phi) is 2.89. The average molecular weight is 298 g/mol. The molecule has 1 N–H and O–H groups in total. The standard InChI is InChI=1S/C17H16ClN3/c1-21-16-13(18)6-4-8-15(16)20-17(21)12-9-10-19-14-7-3-2-5-11(12)14/h2-8,12,19H,9-10H2,1H3. The molecular weight excluding hydrogens is 282 g/mol. The highest BCUT2D eigenvalue weighted by Crippen LogP contribution is 2.37. The van der Waals surface area contributed by atoms with E-state index in [9.17, 15) is 0 Å². The maximum absolute atomic E-state index is 6.34. The van der Waals surface area contributed by atoms with Gasteiger partial charge in [-0.1, -0.05) is 35.9 Å². The highest BCUT2D eigenvalue weighted by molar-refractivity contribution is 6.35. The van der Waals surface area contributed by atoms with Gasteiger partial charge in [0.25, 0.3) is 0 Å². The highest BCUT2D eigenvalue weighted by atomic mass is 35.5. The van der Waals surface area contributed by atoms with Crippen LogP contribution >= 0.6 is 11.6 Å². The first-order valence-electron chi connectivity index (χ1n) is 7.19. The monoisotopic (exact) mass is 297 g/mol. The highest BCUT2D eigenvalue weighted by Gasteiger charge is 2.26. The Bertz CT molecular complexity index is 822. The second kappa shape index (κ2) is 4.78. The zero-order valence-electron chi connectivity index (χ0n) is 11.8. The predicted octanol–water partition coefficient (Wildman–Crippen LogP) is 4.17. The second-order valence-corrected chi connectivity index (χ2v) is 5.90. The Morgan fingerprint density at radius 3 is 2.90 bits per heavy atom. The minimum atomic E-state index is 0.316. The van der Waals surface area contributed by atoms with Crippen LogP contribution in [0.2, 0.25) is 5.02 Å². The van der Waals surface area contributed by atoms with Gasteiger partial charge in [-0.25, -0.2) is 4.98 Å². The average Bonchev–Trinajstić information content (AvgIpc) is 2.85. The summed E-state index contributed by atoms with van der Waals surface area (Å²) in [7, 11) is 2.06. The van der Waals surface area contributed by atoms with Crippen molar-refractivity contribution in [2.75, 3.05) is 11.9 Å². The Balaban J connectivity index is 1.92. The van der Waals surface area contributed by atoms with E-state index in [2.05, 4.69) is 41.2 Å². The topological polar surface area (TPSA) is 29.9 Å². The third-order valence-electron chi connectivity index (χ3n) is 4.28. The third kappa shape index (κ3) is 1.92. The van der Waals surface area contributed by atoms with Crippen LogP contribution in [-0.4, -0.2) is 16.1 Å². The first-order valence-corrected chi connectivity index (χ1v) is 7.57. The molecule has 106 valence electrons. The van der Waals surface area contributed by atoms with Crippen molar-refractivity contribution in [1.82, 2.24) is 9.55 Å². The van der Waals surface area contributed by atoms with Gasteiger partial charge in [-0.3, -0.25) is 0 Å². The van der Waals surface area contributed by atoms with E-state index in [1.807, 2.05) is 18.2 Å². The Hall–Kier alpha value is -2.00. The summed E-state index contributed by atoms with van der Waals surface area (Å²) in [6, 6.07) is 14.4. The summed E-state index contributed by atoms with van der Waals surface area (Å²) in [6.45, 7) is 0.971. The maximum atomic E-state index is 6.34. The van der Waals surface area contributed by atoms with E-state index in [1.54, 1.807) is 0 Å². The number of aryl methyl sites for hydroxylation is 1. The summed E-state index contributed by atoms with van der Waals surface area (Å²) in [5.41, 5.74) is 4.52. The molecule has 0 radical (unpaired) electrons. The normalized spacial score (nSPS) is 17.5. The van der Waals surface area contributed by atoms with Crippen LogP contribution < -0.4 is 5.32 Å². The number of benzene rings is 2. The van der Waals surface area contributed by atoms with Crippen molar-refractivity contribution in [1.29, 1.82) is 0 Å². The molecule has 1 aliphatic rings. The zero-order chi connectivity index (χ0) is 14.4. The van der Waals surface area contributed by atoms with Gasteiger partial charge in [0.1, 0.15) is 5.82 Å². The molecule has 0 saturated heterocycles.